The van der Waals surface area contributed by atoms with Crippen molar-refractivity contribution in [3.05, 3.63) is 0 Å². The third kappa shape index (κ3) is 3.39. The maximum Gasteiger partial charge on any atom is 0.124 e. The molecule has 3 heteroatoms. The van der Waals surface area contributed by atoms with Crippen LogP contribution in [0.1, 0.15) is 20.8 Å². The van der Waals surface area contributed by atoms with Gasteiger partial charge in [0.2, 0.25) is 0 Å². The largest absolute Gasteiger partial charge is 0.303 e. The molecule has 1 rings (SSSR count). The lowest BCUT2D eigenvalue weighted by atomic mass is 10.1. The van der Waals surface area contributed by atoms with Gasteiger partial charge in [0.15, 0.2) is 0 Å². The predicted octanol–water partition coefficient (Wildman–Crippen LogP) is 0.847. The fraction of sp³-hybridized carbons (Fsp3) is 0.909. The fourth-order valence-corrected chi connectivity index (χ4v) is 1.91. The van der Waals surface area contributed by atoms with E-state index in [0.29, 0.717) is 6.04 Å². The molecule has 1 heterocycles. The average molecular weight is 198 g/mol. The summed E-state index contributed by atoms with van der Waals surface area (Å²) in [5.41, 5.74) is 0. The Morgan fingerprint density at radius 2 is 1.71 bits per heavy atom. The van der Waals surface area contributed by atoms with Crippen molar-refractivity contribution in [1.29, 1.82) is 0 Å². The number of piperazine rings is 1. The number of rotatable bonds is 4. The van der Waals surface area contributed by atoms with Crippen LogP contribution in [0.5, 0.6) is 0 Å². The van der Waals surface area contributed by atoms with Crippen molar-refractivity contribution in [3.8, 4) is 0 Å². The molecule has 1 saturated heterocycles. The summed E-state index contributed by atoms with van der Waals surface area (Å²) >= 11 is 0. The smallest absolute Gasteiger partial charge is 0.124 e. The van der Waals surface area contributed by atoms with Crippen molar-refractivity contribution in [2.75, 3.05) is 32.7 Å². The summed E-state index contributed by atoms with van der Waals surface area (Å²) in [5, 5.41) is 0. The second-order valence-electron chi connectivity index (χ2n) is 4.54. The van der Waals surface area contributed by atoms with Gasteiger partial charge in [0.05, 0.1) is 0 Å². The van der Waals surface area contributed by atoms with E-state index < -0.39 is 0 Å². The molecule has 82 valence electrons. The molecule has 0 aromatic carbocycles. The summed E-state index contributed by atoms with van der Waals surface area (Å²) in [6, 6.07) is 0.653. The van der Waals surface area contributed by atoms with E-state index in [2.05, 4.69) is 23.6 Å². The van der Waals surface area contributed by atoms with Gasteiger partial charge in [0.1, 0.15) is 6.29 Å². The van der Waals surface area contributed by atoms with Crippen molar-refractivity contribution in [2.45, 2.75) is 26.8 Å². The summed E-state index contributed by atoms with van der Waals surface area (Å²) < 4.78 is 0. The molecule has 0 spiro atoms. The van der Waals surface area contributed by atoms with E-state index in [1.54, 1.807) is 0 Å². The zero-order chi connectivity index (χ0) is 10.6. The van der Waals surface area contributed by atoms with Crippen LogP contribution < -0.4 is 0 Å². The number of carbonyl (C=O) groups excluding carboxylic acids is 1. The average Bonchev–Trinajstić information content (AvgIpc) is 2.18. The molecule has 0 N–H and O–H groups in total. The predicted molar refractivity (Wildman–Crippen MR) is 58.4 cm³/mol. The van der Waals surface area contributed by atoms with Gasteiger partial charge in [0, 0.05) is 44.7 Å². The van der Waals surface area contributed by atoms with Gasteiger partial charge in [-0.2, -0.15) is 0 Å². The normalized spacial score (nSPS) is 22.6. The first-order valence-electron chi connectivity index (χ1n) is 5.55. The Morgan fingerprint density at radius 3 is 2.14 bits per heavy atom. The molecule has 1 unspecified atom stereocenters. The monoisotopic (exact) mass is 198 g/mol. The highest BCUT2D eigenvalue weighted by atomic mass is 16.1. The van der Waals surface area contributed by atoms with Crippen LogP contribution in [0.4, 0.5) is 0 Å². The molecule has 1 aliphatic heterocycles. The molecule has 0 bridgehead atoms. The van der Waals surface area contributed by atoms with Gasteiger partial charge < -0.3 is 9.69 Å². The van der Waals surface area contributed by atoms with Crippen molar-refractivity contribution < 1.29 is 4.79 Å². The zero-order valence-corrected chi connectivity index (χ0v) is 9.57. The van der Waals surface area contributed by atoms with Crippen LogP contribution in [-0.2, 0) is 4.79 Å². The van der Waals surface area contributed by atoms with E-state index in [0.717, 1.165) is 39.0 Å². The van der Waals surface area contributed by atoms with E-state index in [9.17, 15) is 4.79 Å². The Bertz CT molecular complexity index is 174. The molecular formula is C11H22N2O. The standard InChI is InChI=1S/C11H22N2O/c1-10(2)13-6-4-12(5-7-13)8-11(3)9-14/h9-11H,4-8H2,1-3H3. The lowest BCUT2D eigenvalue weighted by Crippen LogP contribution is -2.49. The first-order chi connectivity index (χ1) is 6.63. The zero-order valence-electron chi connectivity index (χ0n) is 9.57. The van der Waals surface area contributed by atoms with Gasteiger partial charge in [0.25, 0.3) is 0 Å². The SMILES string of the molecule is CC(C=O)CN1CCN(C(C)C)CC1. The minimum atomic E-state index is 0.181. The summed E-state index contributed by atoms with van der Waals surface area (Å²) in [5.74, 6) is 0.181. The van der Waals surface area contributed by atoms with E-state index in [4.69, 9.17) is 0 Å². The second kappa shape index (κ2) is 5.47. The number of aldehydes is 1. The number of hydrogen-bond acceptors (Lipinski definition) is 3. The highest BCUT2D eigenvalue weighted by Crippen LogP contribution is 2.07. The van der Waals surface area contributed by atoms with Crippen molar-refractivity contribution >= 4 is 6.29 Å². The summed E-state index contributed by atoms with van der Waals surface area (Å²) in [4.78, 5) is 15.4. The van der Waals surface area contributed by atoms with Crippen LogP contribution in [0, 0.1) is 5.92 Å². The van der Waals surface area contributed by atoms with E-state index in [1.807, 2.05) is 6.92 Å². The van der Waals surface area contributed by atoms with E-state index in [1.165, 1.54) is 0 Å². The van der Waals surface area contributed by atoms with Gasteiger partial charge in [-0.1, -0.05) is 6.92 Å². The molecule has 14 heavy (non-hydrogen) atoms. The van der Waals surface area contributed by atoms with Gasteiger partial charge in [-0.15, -0.1) is 0 Å². The van der Waals surface area contributed by atoms with Gasteiger partial charge in [-0.3, -0.25) is 4.90 Å². The minimum absolute atomic E-state index is 0.181. The molecule has 0 amide bonds. The molecule has 0 aliphatic carbocycles. The second-order valence-corrected chi connectivity index (χ2v) is 4.54. The third-order valence-corrected chi connectivity index (χ3v) is 2.92. The molecule has 1 fully saturated rings. The summed E-state index contributed by atoms with van der Waals surface area (Å²) in [6.07, 6.45) is 1.05. The maximum atomic E-state index is 10.5. The maximum absolute atomic E-state index is 10.5. The van der Waals surface area contributed by atoms with Crippen LogP contribution >= 0.6 is 0 Å². The van der Waals surface area contributed by atoms with Gasteiger partial charge >= 0.3 is 0 Å². The first kappa shape index (κ1) is 11.7. The summed E-state index contributed by atoms with van der Waals surface area (Å²) in [7, 11) is 0. The highest BCUT2D eigenvalue weighted by molar-refractivity contribution is 5.52. The van der Waals surface area contributed by atoms with Crippen LogP contribution in [0.25, 0.3) is 0 Å². The number of nitrogens with zero attached hydrogens (tertiary/aromatic N) is 2. The molecular weight excluding hydrogens is 176 g/mol. The van der Waals surface area contributed by atoms with Crippen LogP contribution in [0.3, 0.4) is 0 Å². The van der Waals surface area contributed by atoms with Crippen LogP contribution in [0.15, 0.2) is 0 Å². The van der Waals surface area contributed by atoms with Gasteiger partial charge in [-0.25, -0.2) is 0 Å². The van der Waals surface area contributed by atoms with Gasteiger partial charge in [-0.05, 0) is 13.8 Å². The lowest BCUT2D eigenvalue weighted by molar-refractivity contribution is -0.111. The number of hydrogen-bond donors (Lipinski definition) is 0. The lowest BCUT2D eigenvalue weighted by Gasteiger charge is -2.37. The molecule has 1 atom stereocenters. The van der Waals surface area contributed by atoms with E-state index in [-0.39, 0.29) is 5.92 Å². The Balaban J connectivity index is 2.25. The highest BCUT2D eigenvalue weighted by Gasteiger charge is 2.19. The molecule has 3 nitrogen and oxygen atoms in total. The van der Waals surface area contributed by atoms with Crippen LogP contribution in [-0.4, -0.2) is 54.9 Å². The summed E-state index contributed by atoms with van der Waals surface area (Å²) in [6.45, 7) is 11.9. The Kier molecular flexibility index (Phi) is 4.55. The fourth-order valence-electron chi connectivity index (χ4n) is 1.91. The van der Waals surface area contributed by atoms with Crippen molar-refractivity contribution in [1.82, 2.24) is 9.80 Å². The molecule has 1 aliphatic rings. The Morgan fingerprint density at radius 1 is 1.14 bits per heavy atom. The Labute approximate surface area is 87.1 Å². The minimum Gasteiger partial charge on any atom is -0.303 e. The van der Waals surface area contributed by atoms with Crippen LogP contribution in [0.2, 0.25) is 0 Å². The van der Waals surface area contributed by atoms with Crippen molar-refractivity contribution in [2.24, 2.45) is 5.92 Å². The molecule has 0 aromatic heterocycles. The third-order valence-electron chi connectivity index (χ3n) is 2.92. The molecule has 0 radical (unpaired) electrons. The first-order valence-corrected chi connectivity index (χ1v) is 5.55. The molecule has 0 aromatic rings. The quantitative estimate of drug-likeness (QED) is 0.626. The topological polar surface area (TPSA) is 23.6 Å². The van der Waals surface area contributed by atoms with E-state index >= 15 is 0 Å². The number of carbonyl (C=O) groups is 1. The molecule has 0 saturated carbocycles. The van der Waals surface area contributed by atoms with Crippen molar-refractivity contribution in [3.63, 3.8) is 0 Å². The Hall–Kier alpha value is -0.410.